The zero-order valence-corrected chi connectivity index (χ0v) is 39.9. The molecular weight excluding hydrogens is 907 g/mol. The van der Waals surface area contributed by atoms with Crippen LogP contribution in [0.1, 0.15) is 116 Å². The van der Waals surface area contributed by atoms with Gasteiger partial charge in [-0.3, -0.25) is 19.2 Å². The molecule has 17 heteroatoms. The van der Waals surface area contributed by atoms with Gasteiger partial charge in [0.2, 0.25) is 5.69 Å². The number of halogens is 4. The van der Waals surface area contributed by atoms with Crippen molar-refractivity contribution >= 4 is 81.5 Å². The molecule has 0 radical (unpaired) electrons. The molecular formula is C53H57BF4N4O8. The summed E-state index contributed by atoms with van der Waals surface area (Å²) >= 11 is 0. The summed E-state index contributed by atoms with van der Waals surface area (Å²) in [6.07, 6.45) is 15.6. The van der Waals surface area contributed by atoms with Gasteiger partial charge in [0, 0.05) is 86.0 Å². The lowest BCUT2D eigenvalue weighted by Gasteiger charge is -2.27. The molecule has 0 N–H and O–H groups in total. The summed E-state index contributed by atoms with van der Waals surface area (Å²) < 4.78 is 41.4. The normalized spacial score (nSPS) is 18.0. The highest BCUT2D eigenvalue weighted by Crippen LogP contribution is 2.51. The Hall–Kier alpha value is -6.91. The molecule has 0 spiro atoms. The summed E-state index contributed by atoms with van der Waals surface area (Å²) in [5.41, 5.74) is 6.67. The fraction of sp³-hybridized carbons (Fsp3) is 0.377. The molecule has 4 aliphatic heterocycles. The number of hydrogen-bond acceptors (Lipinski definition) is 9. The highest BCUT2D eigenvalue weighted by molar-refractivity contribution is 6.50. The van der Waals surface area contributed by atoms with Crippen molar-refractivity contribution in [1.29, 1.82) is 0 Å². The number of anilines is 1. The number of amides is 4. The van der Waals surface area contributed by atoms with E-state index in [1.54, 1.807) is 0 Å². The van der Waals surface area contributed by atoms with Gasteiger partial charge in [0.25, 0.3) is 23.6 Å². The Kier molecular flexibility index (Phi) is 15.6. The second kappa shape index (κ2) is 21.4. The molecule has 4 aromatic carbocycles. The molecule has 0 aromatic heterocycles. The van der Waals surface area contributed by atoms with Gasteiger partial charge in [-0.15, -0.1) is 10.1 Å². The fourth-order valence-electron chi connectivity index (χ4n) is 9.95. The molecule has 0 atom stereocenters. The number of carbonyl (C=O) groups excluding carboxylic acids is 6. The van der Waals surface area contributed by atoms with E-state index in [2.05, 4.69) is 140 Å². The van der Waals surface area contributed by atoms with E-state index in [1.165, 1.54) is 55.5 Å². The van der Waals surface area contributed by atoms with Gasteiger partial charge in [0.1, 0.15) is 6.54 Å². The average Bonchev–Trinajstić information content (AvgIpc) is 3.94. The summed E-state index contributed by atoms with van der Waals surface area (Å²) in [7, 11) is -6.00. The van der Waals surface area contributed by atoms with Gasteiger partial charge in [-0.05, 0) is 84.8 Å². The Morgan fingerprint density at radius 1 is 0.614 bits per heavy atom. The maximum Gasteiger partial charge on any atom is 0.673 e. The minimum atomic E-state index is -6.00. The van der Waals surface area contributed by atoms with E-state index in [0.717, 1.165) is 38.8 Å². The first-order chi connectivity index (χ1) is 33.3. The van der Waals surface area contributed by atoms with E-state index in [1.807, 2.05) is 0 Å². The zero-order chi connectivity index (χ0) is 50.4. The van der Waals surface area contributed by atoms with E-state index in [4.69, 9.17) is 9.68 Å². The minimum absolute atomic E-state index is 0.0708. The first-order valence-electron chi connectivity index (χ1n) is 23.8. The molecule has 4 amide bonds. The molecule has 70 heavy (non-hydrogen) atoms. The Bertz CT molecular complexity index is 2810. The quantitative estimate of drug-likeness (QED) is 0.0253. The monoisotopic (exact) mass is 964 g/mol. The lowest BCUT2D eigenvalue weighted by atomic mass is 9.79. The maximum atomic E-state index is 12.5. The van der Waals surface area contributed by atoms with Gasteiger partial charge in [0.05, 0.1) is 5.41 Å². The van der Waals surface area contributed by atoms with E-state index >= 15 is 0 Å². The Labute approximate surface area is 404 Å². The summed E-state index contributed by atoms with van der Waals surface area (Å²) in [4.78, 5) is 85.1. The molecule has 0 aliphatic carbocycles. The number of hydroxylamine groups is 4. The van der Waals surface area contributed by atoms with Crippen molar-refractivity contribution in [3.8, 4) is 0 Å². The smallest absolute Gasteiger partial charge is 0.418 e. The lowest BCUT2D eigenvalue weighted by molar-refractivity contribution is -0.438. The van der Waals surface area contributed by atoms with Crippen molar-refractivity contribution in [2.24, 2.45) is 0 Å². The first-order valence-corrected chi connectivity index (χ1v) is 23.8. The number of carbonyl (C=O) groups is 6. The van der Waals surface area contributed by atoms with Gasteiger partial charge < -0.3 is 31.8 Å². The molecule has 2 saturated heterocycles. The van der Waals surface area contributed by atoms with Gasteiger partial charge in [0.15, 0.2) is 5.71 Å². The van der Waals surface area contributed by atoms with Crippen LogP contribution in [0, 0.1) is 0 Å². The third-order valence-corrected chi connectivity index (χ3v) is 13.2. The van der Waals surface area contributed by atoms with E-state index < -0.39 is 42.8 Å². The van der Waals surface area contributed by atoms with Crippen LogP contribution >= 0.6 is 0 Å². The summed E-state index contributed by atoms with van der Waals surface area (Å²) in [6, 6.07) is 25.8. The van der Waals surface area contributed by atoms with Crippen LogP contribution in [0.4, 0.5) is 28.6 Å². The molecule has 4 aliphatic rings. The highest BCUT2D eigenvalue weighted by Gasteiger charge is 2.46. The SMILES string of the molecule is CC1(C)C(/C=C/C=C/C=C2/N(CCCCCC(=O)ON3C(=O)CCC3=O)c3ccc4ccccc4c3C2(C)C)=[N+](CCCCCC(=O)ON2C(=O)CCC2=O)c2ccc3ccccc3c21.F[B-](F)(F)F. The number of unbranched alkanes of at least 4 members (excludes halogenated alkanes) is 4. The number of imide groups is 2. The second-order valence-electron chi connectivity index (χ2n) is 18.8. The molecule has 4 aromatic rings. The first kappa shape index (κ1) is 51.0. The standard InChI is InChI=1S/C53H57N4O8.BF4/c1-52(2)42(54(40-28-26-36-18-12-14-20-38(36)50(40)52)34-16-6-10-24-48(62)64-56-44(58)30-31-45(56)59)22-8-5-9-23-43-53(3,4)51-39-21-15-13-19-37(39)27-29-41(51)55(43)35-17-7-11-25-49(63)65-57-46(60)32-33-47(57)61;2-1(3,4)5/h5,8-9,12-15,18-23,26-29H,6-7,10-11,16-17,24-25,30-35H2,1-4H3;/q+1;-1. The third-order valence-electron chi connectivity index (χ3n) is 13.2. The predicted octanol–water partition coefficient (Wildman–Crippen LogP) is 10.8. The summed E-state index contributed by atoms with van der Waals surface area (Å²) in [5.74, 6) is -3.03. The third kappa shape index (κ3) is 11.4. The molecule has 0 bridgehead atoms. The number of hydrogen-bond donors (Lipinski definition) is 0. The van der Waals surface area contributed by atoms with Crippen molar-refractivity contribution in [3.05, 3.63) is 120 Å². The number of benzene rings is 4. The number of rotatable bonds is 17. The van der Waals surface area contributed by atoms with E-state index in [9.17, 15) is 46.0 Å². The minimum Gasteiger partial charge on any atom is -0.418 e. The predicted molar refractivity (Wildman–Crippen MR) is 259 cm³/mol. The van der Waals surface area contributed by atoms with Gasteiger partial charge in [-0.25, -0.2) is 9.59 Å². The average molecular weight is 965 g/mol. The lowest BCUT2D eigenvalue weighted by Crippen LogP contribution is -2.32. The molecule has 2 fully saturated rings. The van der Waals surface area contributed by atoms with Crippen LogP contribution < -0.4 is 4.90 Å². The van der Waals surface area contributed by atoms with Crippen molar-refractivity contribution in [2.75, 3.05) is 18.0 Å². The van der Waals surface area contributed by atoms with Crippen molar-refractivity contribution in [1.82, 2.24) is 10.1 Å². The van der Waals surface area contributed by atoms with E-state index in [-0.39, 0.29) is 49.4 Å². The van der Waals surface area contributed by atoms with Crippen LogP contribution in [0.15, 0.2) is 109 Å². The fourth-order valence-corrected chi connectivity index (χ4v) is 9.95. The van der Waals surface area contributed by atoms with Crippen molar-refractivity contribution in [3.63, 3.8) is 0 Å². The Morgan fingerprint density at radius 3 is 1.67 bits per heavy atom. The Balaban J connectivity index is 0.00000137. The number of fused-ring (bicyclic) bond motifs is 6. The second-order valence-corrected chi connectivity index (χ2v) is 18.8. The van der Waals surface area contributed by atoms with Crippen LogP contribution in [-0.4, -0.2) is 76.3 Å². The van der Waals surface area contributed by atoms with Crippen molar-refractivity contribution in [2.45, 2.75) is 116 Å². The Morgan fingerprint density at radius 2 is 1.11 bits per heavy atom. The van der Waals surface area contributed by atoms with Crippen LogP contribution in [0.3, 0.4) is 0 Å². The molecule has 0 saturated carbocycles. The van der Waals surface area contributed by atoms with Crippen LogP contribution in [-0.2, 0) is 49.3 Å². The number of allylic oxidation sites excluding steroid dienone is 6. The summed E-state index contributed by atoms with van der Waals surface area (Å²) in [6.45, 7) is 10.6. The maximum absolute atomic E-state index is 12.5. The van der Waals surface area contributed by atoms with E-state index in [0.29, 0.717) is 23.0 Å². The number of nitrogens with zero attached hydrogens (tertiary/aromatic N) is 4. The van der Waals surface area contributed by atoms with Crippen LogP contribution in [0.25, 0.3) is 21.5 Å². The van der Waals surface area contributed by atoms with Crippen molar-refractivity contribution < 1.29 is 60.3 Å². The highest BCUT2D eigenvalue weighted by atomic mass is 19.5. The molecule has 8 rings (SSSR count). The van der Waals surface area contributed by atoms with Gasteiger partial charge in [-0.1, -0.05) is 93.1 Å². The summed E-state index contributed by atoms with van der Waals surface area (Å²) in [5, 5.41) is 6.06. The molecule has 4 heterocycles. The van der Waals surface area contributed by atoms with Gasteiger partial charge in [-0.2, -0.15) is 4.58 Å². The van der Waals surface area contributed by atoms with Crippen LogP contribution in [0.2, 0.25) is 0 Å². The zero-order valence-electron chi connectivity index (χ0n) is 39.9. The molecule has 368 valence electrons. The topological polar surface area (TPSA) is 134 Å². The van der Waals surface area contributed by atoms with Gasteiger partial charge >= 0.3 is 19.2 Å². The van der Waals surface area contributed by atoms with Crippen LogP contribution in [0.5, 0.6) is 0 Å². The molecule has 0 unspecified atom stereocenters. The molecule has 12 nitrogen and oxygen atoms in total. The largest absolute Gasteiger partial charge is 0.673 e.